The van der Waals surface area contributed by atoms with Crippen molar-refractivity contribution in [1.82, 2.24) is 0 Å². The molecule has 0 aliphatic heterocycles. The summed E-state index contributed by atoms with van der Waals surface area (Å²) in [6, 6.07) is 22.8. The van der Waals surface area contributed by atoms with Crippen LogP contribution in [0.25, 0.3) is 0 Å². The summed E-state index contributed by atoms with van der Waals surface area (Å²) < 4.78 is 5.76. The van der Waals surface area contributed by atoms with Crippen molar-refractivity contribution in [3.63, 3.8) is 0 Å². The number of carbonyl (C=O) groups is 2. The van der Waals surface area contributed by atoms with Crippen LogP contribution in [0.3, 0.4) is 0 Å². The first-order valence-corrected chi connectivity index (χ1v) is 10.2. The molecule has 6 nitrogen and oxygen atoms in total. The third-order valence-corrected chi connectivity index (χ3v) is 4.75. The van der Waals surface area contributed by atoms with E-state index in [1.165, 1.54) is 0 Å². The van der Waals surface area contributed by atoms with E-state index in [0.29, 0.717) is 18.7 Å². The van der Waals surface area contributed by atoms with E-state index in [4.69, 9.17) is 4.74 Å². The van der Waals surface area contributed by atoms with Crippen LogP contribution in [0, 0.1) is 6.92 Å². The Labute approximate surface area is 182 Å². The molecule has 160 valence electrons. The van der Waals surface area contributed by atoms with Gasteiger partial charge < -0.3 is 20.7 Å². The molecule has 0 atom stereocenters. The standard InChI is InChI=1S/C25H27N3O3/c1-3-24(29)28-23-11-7-10-22(18(23)2)26-16-25(30)27-20-12-14-21(15-13-20)31-17-19-8-5-4-6-9-19/h4-15,26H,3,16-17H2,1-2H3,(H,27,30)(H,28,29). The second kappa shape index (κ2) is 10.8. The van der Waals surface area contributed by atoms with Crippen molar-refractivity contribution < 1.29 is 14.3 Å². The summed E-state index contributed by atoms with van der Waals surface area (Å²) in [7, 11) is 0. The molecule has 3 aromatic carbocycles. The van der Waals surface area contributed by atoms with Crippen molar-refractivity contribution in [1.29, 1.82) is 0 Å². The Morgan fingerprint density at radius 3 is 2.23 bits per heavy atom. The van der Waals surface area contributed by atoms with Crippen molar-refractivity contribution in [2.75, 3.05) is 22.5 Å². The summed E-state index contributed by atoms with van der Waals surface area (Å²) in [4.78, 5) is 24.0. The summed E-state index contributed by atoms with van der Waals surface area (Å²) in [5, 5.41) is 8.85. The smallest absolute Gasteiger partial charge is 0.243 e. The molecule has 0 aliphatic carbocycles. The Morgan fingerprint density at radius 1 is 0.806 bits per heavy atom. The molecule has 6 heteroatoms. The fraction of sp³-hybridized carbons (Fsp3) is 0.200. The van der Waals surface area contributed by atoms with Gasteiger partial charge in [0.2, 0.25) is 11.8 Å². The minimum atomic E-state index is -0.166. The number of rotatable bonds is 9. The van der Waals surface area contributed by atoms with Gasteiger partial charge in [0.1, 0.15) is 12.4 Å². The number of amides is 2. The minimum absolute atomic E-state index is 0.0470. The van der Waals surface area contributed by atoms with Crippen LogP contribution in [0.1, 0.15) is 24.5 Å². The molecule has 31 heavy (non-hydrogen) atoms. The Kier molecular flexibility index (Phi) is 7.65. The molecule has 0 heterocycles. The van der Waals surface area contributed by atoms with Crippen LogP contribution in [0.15, 0.2) is 72.8 Å². The van der Waals surface area contributed by atoms with Gasteiger partial charge in [0.05, 0.1) is 6.54 Å². The maximum atomic E-state index is 12.3. The summed E-state index contributed by atoms with van der Waals surface area (Å²) >= 11 is 0. The van der Waals surface area contributed by atoms with Crippen LogP contribution in [0.5, 0.6) is 5.75 Å². The number of nitrogens with one attached hydrogen (secondary N) is 3. The fourth-order valence-corrected chi connectivity index (χ4v) is 2.96. The van der Waals surface area contributed by atoms with Crippen molar-refractivity contribution in [3.05, 3.63) is 83.9 Å². The van der Waals surface area contributed by atoms with E-state index in [9.17, 15) is 9.59 Å². The van der Waals surface area contributed by atoms with E-state index < -0.39 is 0 Å². The topological polar surface area (TPSA) is 79.5 Å². The third-order valence-electron chi connectivity index (χ3n) is 4.75. The average molecular weight is 418 g/mol. The summed E-state index contributed by atoms with van der Waals surface area (Å²) in [5.74, 6) is 0.524. The van der Waals surface area contributed by atoms with Crippen LogP contribution in [0.4, 0.5) is 17.1 Å². The zero-order valence-corrected chi connectivity index (χ0v) is 17.8. The lowest BCUT2D eigenvalue weighted by atomic mass is 10.1. The number of benzene rings is 3. The molecule has 0 radical (unpaired) electrons. The Morgan fingerprint density at radius 2 is 1.52 bits per heavy atom. The van der Waals surface area contributed by atoms with Gasteiger partial charge in [-0.1, -0.05) is 43.3 Å². The third kappa shape index (κ3) is 6.60. The molecule has 0 saturated carbocycles. The van der Waals surface area contributed by atoms with Crippen LogP contribution in [0.2, 0.25) is 0 Å². The van der Waals surface area contributed by atoms with Gasteiger partial charge in [-0.15, -0.1) is 0 Å². The SMILES string of the molecule is CCC(=O)Nc1cccc(NCC(=O)Nc2ccc(OCc3ccccc3)cc2)c1C. The van der Waals surface area contributed by atoms with E-state index in [1.54, 1.807) is 6.92 Å². The van der Waals surface area contributed by atoms with Crippen molar-refractivity contribution >= 4 is 28.9 Å². The molecular weight excluding hydrogens is 390 g/mol. The molecule has 0 saturated heterocycles. The molecule has 0 fully saturated rings. The molecule has 0 unspecified atom stereocenters. The lowest BCUT2D eigenvalue weighted by Crippen LogP contribution is -2.22. The highest BCUT2D eigenvalue weighted by Crippen LogP contribution is 2.23. The summed E-state index contributed by atoms with van der Waals surface area (Å²) in [6.07, 6.45) is 0.412. The monoisotopic (exact) mass is 417 g/mol. The Bertz CT molecular complexity index is 1020. The van der Waals surface area contributed by atoms with Gasteiger partial charge in [-0.25, -0.2) is 0 Å². The van der Waals surface area contributed by atoms with E-state index in [2.05, 4.69) is 16.0 Å². The molecular formula is C25H27N3O3. The first-order chi connectivity index (χ1) is 15.0. The number of carbonyl (C=O) groups excluding carboxylic acids is 2. The normalized spacial score (nSPS) is 10.3. The van der Waals surface area contributed by atoms with E-state index in [0.717, 1.165) is 28.3 Å². The van der Waals surface area contributed by atoms with Gasteiger partial charge >= 0.3 is 0 Å². The van der Waals surface area contributed by atoms with Gasteiger partial charge in [0.15, 0.2) is 0 Å². The number of hydrogen-bond donors (Lipinski definition) is 3. The minimum Gasteiger partial charge on any atom is -0.489 e. The highest BCUT2D eigenvalue weighted by molar-refractivity contribution is 5.95. The molecule has 0 bridgehead atoms. The number of anilines is 3. The van der Waals surface area contributed by atoms with Gasteiger partial charge in [-0.2, -0.15) is 0 Å². The van der Waals surface area contributed by atoms with Crippen LogP contribution in [-0.4, -0.2) is 18.4 Å². The molecule has 0 aliphatic rings. The second-order valence-corrected chi connectivity index (χ2v) is 7.08. The molecule has 3 N–H and O–H groups in total. The lowest BCUT2D eigenvalue weighted by molar-refractivity contribution is -0.116. The number of ether oxygens (including phenoxy) is 1. The van der Waals surface area contributed by atoms with Gasteiger partial charge in [0.25, 0.3) is 0 Å². The predicted octanol–water partition coefficient (Wildman–Crippen LogP) is 4.97. The van der Waals surface area contributed by atoms with Crippen molar-refractivity contribution in [2.24, 2.45) is 0 Å². The molecule has 2 amide bonds. The van der Waals surface area contributed by atoms with E-state index >= 15 is 0 Å². The van der Waals surface area contributed by atoms with Crippen molar-refractivity contribution in [2.45, 2.75) is 26.9 Å². The first-order valence-electron chi connectivity index (χ1n) is 10.2. The molecule has 0 spiro atoms. The molecule has 3 rings (SSSR count). The quantitative estimate of drug-likeness (QED) is 0.459. The molecule has 3 aromatic rings. The summed E-state index contributed by atoms with van der Waals surface area (Å²) in [5.41, 5.74) is 4.22. The van der Waals surface area contributed by atoms with Crippen LogP contribution in [-0.2, 0) is 16.2 Å². The average Bonchev–Trinajstić information content (AvgIpc) is 2.79. The van der Waals surface area contributed by atoms with Crippen LogP contribution >= 0.6 is 0 Å². The van der Waals surface area contributed by atoms with E-state index in [1.807, 2.05) is 79.7 Å². The summed E-state index contributed by atoms with van der Waals surface area (Å²) in [6.45, 7) is 4.31. The van der Waals surface area contributed by atoms with E-state index in [-0.39, 0.29) is 18.4 Å². The Hall–Kier alpha value is -3.80. The fourth-order valence-electron chi connectivity index (χ4n) is 2.96. The van der Waals surface area contributed by atoms with Gasteiger partial charge in [-0.3, -0.25) is 9.59 Å². The highest BCUT2D eigenvalue weighted by Gasteiger charge is 2.08. The first kappa shape index (κ1) is 21.9. The highest BCUT2D eigenvalue weighted by atomic mass is 16.5. The van der Waals surface area contributed by atoms with Gasteiger partial charge in [-0.05, 0) is 54.4 Å². The maximum absolute atomic E-state index is 12.3. The lowest BCUT2D eigenvalue weighted by Gasteiger charge is -2.14. The number of hydrogen-bond acceptors (Lipinski definition) is 4. The van der Waals surface area contributed by atoms with Crippen LogP contribution < -0.4 is 20.7 Å². The maximum Gasteiger partial charge on any atom is 0.243 e. The predicted molar refractivity (Wildman–Crippen MR) is 124 cm³/mol. The molecule has 0 aromatic heterocycles. The largest absolute Gasteiger partial charge is 0.489 e. The zero-order chi connectivity index (χ0) is 22.1. The van der Waals surface area contributed by atoms with Gasteiger partial charge in [0, 0.05) is 23.5 Å². The Balaban J connectivity index is 1.49. The van der Waals surface area contributed by atoms with Crippen molar-refractivity contribution in [3.8, 4) is 5.75 Å². The second-order valence-electron chi connectivity index (χ2n) is 7.08. The zero-order valence-electron chi connectivity index (χ0n) is 17.8.